The Kier molecular flexibility index (Phi) is 4.10. The van der Waals surface area contributed by atoms with Crippen LogP contribution in [0.25, 0.3) is 22.4 Å². The number of aromatic nitrogens is 5. The Hall–Kier alpha value is -3.69. The van der Waals surface area contributed by atoms with Crippen molar-refractivity contribution < 1.29 is 18.0 Å². The van der Waals surface area contributed by atoms with Crippen molar-refractivity contribution in [1.29, 1.82) is 0 Å². The Morgan fingerprint density at radius 1 is 1.18 bits per heavy atom. The number of aryl methyl sites for hydroxylation is 1. The molecule has 0 spiro atoms. The van der Waals surface area contributed by atoms with Crippen LogP contribution in [0.3, 0.4) is 0 Å². The van der Waals surface area contributed by atoms with Crippen molar-refractivity contribution in [2.75, 3.05) is 5.32 Å². The average Bonchev–Trinajstić information content (AvgIpc) is 3.26. The van der Waals surface area contributed by atoms with E-state index in [2.05, 4.69) is 25.4 Å². The van der Waals surface area contributed by atoms with Crippen molar-refractivity contribution in [3.63, 3.8) is 0 Å². The van der Waals surface area contributed by atoms with E-state index in [1.807, 2.05) is 0 Å². The van der Waals surface area contributed by atoms with Gasteiger partial charge in [0, 0.05) is 18.3 Å². The first kappa shape index (κ1) is 17.7. The molecule has 0 bridgehead atoms. The lowest BCUT2D eigenvalue weighted by atomic mass is 10.1. The van der Waals surface area contributed by atoms with E-state index in [4.69, 9.17) is 0 Å². The van der Waals surface area contributed by atoms with Gasteiger partial charge in [-0.15, -0.1) is 0 Å². The molecule has 0 saturated carbocycles. The van der Waals surface area contributed by atoms with E-state index in [9.17, 15) is 18.0 Å². The maximum atomic E-state index is 13.3. The molecule has 4 rings (SSSR count). The number of amides is 1. The zero-order valence-electron chi connectivity index (χ0n) is 14.4. The summed E-state index contributed by atoms with van der Waals surface area (Å²) >= 11 is 0. The lowest BCUT2D eigenvalue weighted by Gasteiger charge is -2.10. The number of nitrogens with zero attached hydrogens (tertiary/aromatic N) is 4. The van der Waals surface area contributed by atoms with Crippen molar-refractivity contribution in [3.8, 4) is 11.4 Å². The fourth-order valence-corrected chi connectivity index (χ4v) is 2.84. The first-order valence-corrected chi connectivity index (χ1v) is 8.14. The van der Waals surface area contributed by atoms with Gasteiger partial charge in [-0.1, -0.05) is 18.2 Å². The number of aromatic amines is 1. The van der Waals surface area contributed by atoms with Gasteiger partial charge in [0.05, 0.1) is 16.6 Å². The lowest BCUT2D eigenvalue weighted by Crippen LogP contribution is -2.17. The van der Waals surface area contributed by atoms with Crippen LogP contribution in [0.2, 0.25) is 0 Å². The highest BCUT2D eigenvalue weighted by Crippen LogP contribution is 2.36. The quantitative estimate of drug-likeness (QED) is 0.563. The molecule has 0 radical (unpaired) electrons. The van der Waals surface area contributed by atoms with Crippen LogP contribution in [0.4, 0.5) is 18.9 Å². The summed E-state index contributed by atoms with van der Waals surface area (Å²) in [4.78, 5) is 23.2. The Labute approximate surface area is 156 Å². The number of anilines is 1. The Morgan fingerprint density at radius 2 is 1.96 bits per heavy atom. The number of imidazole rings is 1. The van der Waals surface area contributed by atoms with Crippen molar-refractivity contribution >= 4 is 22.6 Å². The molecule has 2 N–H and O–H groups in total. The first-order chi connectivity index (χ1) is 13.3. The van der Waals surface area contributed by atoms with E-state index in [1.165, 1.54) is 29.2 Å². The standard InChI is InChI=1S/C18H13F3N6O/c1-27-16(22-9-23-27)17(28)24-10-6-7-13-14(8-10)26-15(25-13)11-4-2-3-5-12(11)18(19,20)21/h2-9H,1H3,(H,24,28)(H,25,26). The molecule has 2 aromatic carbocycles. The highest BCUT2D eigenvalue weighted by atomic mass is 19.4. The molecular formula is C18H13F3N6O. The predicted molar refractivity (Wildman–Crippen MR) is 95.5 cm³/mol. The van der Waals surface area contributed by atoms with Gasteiger partial charge < -0.3 is 10.3 Å². The number of hydrogen-bond acceptors (Lipinski definition) is 4. The fraction of sp³-hybridized carbons (Fsp3) is 0.111. The number of H-pyrrole nitrogens is 1. The lowest BCUT2D eigenvalue weighted by molar-refractivity contribution is -0.137. The van der Waals surface area contributed by atoms with Crippen LogP contribution in [0, 0.1) is 0 Å². The average molecular weight is 386 g/mol. The van der Waals surface area contributed by atoms with E-state index in [0.717, 1.165) is 6.07 Å². The second-order valence-electron chi connectivity index (χ2n) is 6.02. The zero-order chi connectivity index (χ0) is 19.9. The summed E-state index contributed by atoms with van der Waals surface area (Å²) in [5.74, 6) is -0.231. The molecule has 0 aliphatic carbocycles. The smallest absolute Gasteiger partial charge is 0.338 e. The summed E-state index contributed by atoms with van der Waals surface area (Å²) in [6.07, 6.45) is -3.23. The molecular weight excluding hydrogens is 373 g/mol. The summed E-state index contributed by atoms with van der Waals surface area (Å²) in [5, 5.41) is 6.50. The van der Waals surface area contributed by atoms with E-state index < -0.39 is 17.6 Å². The number of carbonyl (C=O) groups is 1. The minimum absolute atomic E-state index is 0.0455. The largest absolute Gasteiger partial charge is 0.417 e. The van der Waals surface area contributed by atoms with Gasteiger partial charge in [-0.2, -0.15) is 18.3 Å². The Balaban J connectivity index is 1.68. The van der Waals surface area contributed by atoms with Gasteiger partial charge >= 0.3 is 6.18 Å². The Bertz CT molecular complexity index is 1180. The number of carbonyl (C=O) groups excluding carboxylic acids is 1. The molecule has 0 atom stereocenters. The molecule has 0 aliphatic rings. The van der Waals surface area contributed by atoms with Crippen LogP contribution in [0.1, 0.15) is 16.2 Å². The SMILES string of the molecule is Cn1ncnc1C(=O)Nc1ccc2nc(-c3ccccc3C(F)(F)F)[nH]c2c1. The van der Waals surface area contributed by atoms with Crippen LogP contribution in [-0.4, -0.2) is 30.6 Å². The number of nitrogens with one attached hydrogen (secondary N) is 2. The molecule has 7 nitrogen and oxygen atoms in total. The normalized spacial score (nSPS) is 11.7. The van der Waals surface area contributed by atoms with Gasteiger partial charge in [0.2, 0.25) is 5.82 Å². The van der Waals surface area contributed by atoms with Crippen LogP contribution in [0.5, 0.6) is 0 Å². The van der Waals surface area contributed by atoms with Gasteiger partial charge in [0.25, 0.3) is 5.91 Å². The van der Waals surface area contributed by atoms with Crippen LogP contribution >= 0.6 is 0 Å². The number of rotatable bonds is 3. The van der Waals surface area contributed by atoms with Crippen molar-refractivity contribution in [2.45, 2.75) is 6.18 Å². The molecule has 2 heterocycles. The number of halogens is 3. The topological polar surface area (TPSA) is 88.5 Å². The molecule has 0 fully saturated rings. The predicted octanol–water partition coefficient (Wildman–Crippen LogP) is 3.63. The third-order valence-electron chi connectivity index (χ3n) is 4.14. The van der Waals surface area contributed by atoms with Crippen LogP contribution in [-0.2, 0) is 13.2 Å². The summed E-state index contributed by atoms with van der Waals surface area (Å²) in [6, 6.07) is 10.0. The van der Waals surface area contributed by atoms with Crippen molar-refractivity contribution in [2.24, 2.45) is 7.05 Å². The van der Waals surface area contributed by atoms with E-state index in [-0.39, 0.29) is 17.2 Å². The highest BCUT2D eigenvalue weighted by molar-refractivity contribution is 6.02. The van der Waals surface area contributed by atoms with E-state index >= 15 is 0 Å². The molecule has 0 unspecified atom stereocenters. The number of fused-ring (bicyclic) bond motifs is 1. The number of hydrogen-bond donors (Lipinski definition) is 2. The highest BCUT2D eigenvalue weighted by Gasteiger charge is 2.34. The third-order valence-corrected chi connectivity index (χ3v) is 4.14. The van der Waals surface area contributed by atoms with Crippen molar-refractivity contribution in [3.05, 3.63) is 60.2 Å². The molecule has 0 aliphatic heterocycles. The maximum Gasteiger partial charge on any atom is 0.417 e. The molecule has 1 amide bonds. The molecule has 2 aromatic heterocycles. The second kappa shape index (κ2) is 6.48. The molecule has 4 aromatic rings. The first-order valence-electron chi connectivity index (χ1n) is 8.14. The summed E-state index contributed by atoms with van der Waals surface area (Å²) in [5.41, 5.74) is 0.590. The van der Waals surface area contributed by atoms with Gasteiger partial charge in [-0.05, 0) is 24.3 Å². The number of alkyl halides is 3. The second-order valence-corrected chi connectivity index (χ2v) is 6.02. The van der Waals surface area contributed by atoms with Gasteiger partial charge in [0.1, 0.15) is 12.2 Å². The Morgan fingerprint density at radius 3 is 2.68 bits per heavy atom. The third kappa shape index (κ3) is 3.20. The van der Waals surface area contributed by atoms with E-state index in [0.29, 0.717) is 16.7 Å². The van der Waals surface area contributed by atoms with Crippen LogP contribution < -0.4 is 5.32 Å². The monoisotopic (exact) mass is 386 g/mol. The summed E-state index contributed by atoms with van der Waals surface area (Å²) < 4.78 is 41.1. The van der Waals surface area contributed by atoms with Crippen LogP contribution in [0.15, 0.2) is 48.8 Å². The molecule has 10 heteroatoms. The minimum Gasteiger partial charge on any atom is -0.338 e. The number of benzene rings is 2. The molecule has 28 heavy (non-hydrogen) atoms. The molecule has 0 saturated heterocycles. The van der Waals surface area contributed by atoms with Gasteiger partial charge in [0.15, 0.2) is 0 Å². The van der Waals surface area contributed by atoms with Crippen molar-refractivity contribution in [1.82, 2.24) is 24.7 Å². The maximum absolute atomic E-state index is 13.3. The van der Waals surface area contributed by atoms with Gasteiger partial charge in [-0.3, -0.25) is 4.79 Å². The summed E-state index contributed by atoms with van der Waals surface area (Å²) in [7, 11) is 1.59. The molecule has 142 valence electrons. The van der Waals surface area contributed by atoms with E-state index in [1.54, 1.807) is 25.2 Å². The minimum atomic E-state index is -4.50. The summed E-state index contributed by atoms with van der Waals surface area (Å²) in [6.45, 7) is 0. The fourth-order valence-electron chi connectivity index (χ4n) is 2.84. The zero-order valence-corrected chi connectivity index (χ0v) is 14.4. The van der Waals surface area contributed by atoms with Gasteiger partial charge in [-0.25, -0.2) is 14.6 Å².